The molecule has 0 bridgehead atoms. The van der Waals surface area contributed by atoms with Crippen LogP contribution in [0.25, 0.3) is 0 Å². The largest absolute Gasteiger partial charge is 0.493 e. The molecule has 2 rings (SSSR count). The molecule has 18 heavy (non-hydrogen) atoms. The molecule has 0 radical (unpaired) electrons. The van der Waals surface area contributed by atoms with E-state index < -0.39 is 0 Å². The molecule has 1 saturated carbocycles. The van der Waals surface area contributed by atoms with Crippen LogP contribution in [0.4, 0.5) is 5.69 Å². The normalized spacial score (nSPS) is 22.9. The zero-order valence-electron chi connectivity index (χ0n) is 11.3. The summed E-state index contributed by atoms with van der Waals surface area (Å²) in [4.78, 5) is 0. The van der Waals surface area contributed by atoms with Gasteiger partial charge in [0.25, 0.3) is 0 Å². The maximum atomic E-state index is 5.93. The van der Waals surface area contributed by atoms with Gasteiger partial charge in [0.1, 0.15) is 0 Å². The van der Waals surface area contributed by atoms with Gasteiger partial charge < -0.3 is 20.5 Å². The lowest BCUT2D eigenvalue weighted by Crippen LogP contribution is -2.21. The van der Waals surface area contributed by atoms with Crippen molar-refractivity contribution in [2.45, 2.75) is 38.3 Å². The minimum Gasteiger partial charge on any atom is -0.493 e. The first kappa shape index (κ1) is 13.0. The molecule has 2 atom stereocenters. The number of aryl methyl sites for hydroxylation is 1. The van der Waals surface area contributed by atoms with E-state index in [1.807, 2.05) is 12.1 Å². The van der Waals surface area contributed by atoms with Crippen molar-refractivity contribution in [2.75, 3.05) is 19.5 Å². The second-order valence-corrected chi connectivity index (χ2v) is 4.94. The highest BCUT2D eigenvalue weighted by atomic mass is 16.5. The highest BCUT2D eigenvalue weighted by Gasteiger charge is 2.22. The van der Waals surface area contributed by atoms with Gasteiger partial charge in [-0.2, -0.15) is 0 Å². The smallest absolute Gasteiger partial charge is 0.162 e. The van der Waals surface area contributed by atoms with Crippen LogP contribution in [0.1, 0.15) is 24.8 Å². The summed E-state index contributed by atoms with van der Waals surface area (Å²) in [7, 11) is 3.31. The third-order valence-corrected chi connectivity index (χ3v) is 3.56. The van der Waals surface area contributed by atoms with Gasteiger partial charge in [-0.1, -0.05) is 0 Å². The van der Waals surface area contributed by atoms with E-state index in [1.54, 1.807) is 14.2 Å². The molecule has 0 spiro atoms. The van der Waals surface area contributed by atoms with Crippen molar-refractivity contribution >= 4 is 5.69 Å². The second-order valence-electron chi connectivity index (χ2n) is 4.94. The van der Waals surface area contributed by atoms with Gasteiger partial charge >= 0.3 is 0 Å². The fraction of sp³-hybridized carbons (Fsp3) is 0.571. The van der Waals surface area contributed by atoms with E-state index in [0.29, 0.717) is 12.1 Å². The van der Waals surface area contributed by atoms with E-state index in [1.165, 1.54) is 0 Å². The van der Waals surface area contributed by atoms with Gasteiger partial charge in [-0.15, -0.1) is 0 Å². The third kappa shape index (κ3) is 2.70. The van der Waals surface area contributed by atoms with Gasteiger partial charge in [-0.05, 0) is 37.8 Å². The zero-order valence-corrected chi connectivity index (χ0v) is 11.3. The van der Waals surface area contributed by atoms with Crippen LogP contribution in [0.15, 0.2) is 12.1 Å². The molecule has 1 aliphatic rings. The highest BCUT2D eigenvalue weighted by Crippen LogP contribution is 2.34. The van der Waals surface area contributed by atoms with Crippen molar-refractivity contribution in [1.29, 1.82) is 0 Å². The number of methoxy groups -OCH3 is 2. The van der Waals surface area contributed by atoms with E-state index in [2.05, 4.69) is 12.2 Å². The molecule has 0 aromatic heterocycles. The van der Waals surface area contributed by atoms with Crippen molar-refractivity contribution in [2.24, 2.45) is 5.73 Å². The Morgan fingerprint density at radius 2 is 1.83 bits per heavy atom. The molecular formula is C14H22N2O2. The van der Waals surface area contributed by atoms with Gasteiger partial charge in [0.05, 0.1) is 14.2 Å². The SMILES string of the molecule is COc1cc(C)c(NC2CCC(N)C2)cc1OC. The van der Waals surface area contributed by atoms with E-state index in [0.717, 1.165) is 42.0 Å². The average Bonchev–Trinajstić information content (AvgIpc) is 2.77. The molecule has 1 aromatic rings. The van der Waals surface area contributed by atoms with E-state index in [-0.39, 0.29) is 0 Å². The molecule has 1 fully saturated rings. The molecule has 4 nitrogen and oxygen atoms in total. The molecule has 1 aliphatic carbocycles. The number of nitrogens with one attached hydrogen (secondary N) is 1. The second kappa shape index (κ2) is 5.48. The molecule has 2 unspecified atom stereocenters. The lowest BCUT2D eigenvalue weighted by atomic mass is 10.1. The topological polar surface area (TPSA) is 56.5 Å². The number of rotatable bonds is 4. The number of ether oxygens (including phenoxy) is 2. The fourth-order valence-electron chi connectivity index (χ4n) is 2.50. The van der Waals surface area contributed by atoms with Gasteiger partial charge in [-0.25, -0.2) is 0 Å². The molecule has 0 saturated heterocycles. The molecule has 4 heteroatoms. The van der Waals surface area contributed by atoms with Gasteiger partial charge in [0.15, 0.2) is 11.5 Å². The highest BCUT2D eigenvalue weighted by molar-refractivity contribution is 5.60. The van der Waals surface area contributed by atoms with Crippen molar-refractivity contribution < 1.29 is 9.47 Å². The lowest BCUT2D eigenvalue weighted by molar-refractivity contribution is 0.355. The Morgan fingerprint density at radius 3 is 2.39 bits per heavy atom. The first-order chi connectivity index (χ1) is 8.63. The summed E-state index contributed by atoms with van der Waals surface area (Å²) in [5, 5.41) is 3.55. The summed E-state index contributed by atoms with van der Waals surface area (Å²) in [6.45, 7) is 2.07. The summed E-state index contributed by atoms with van der Waals surface area (Å²) >= 11 is 0. The predicted octanol–water partition coefficient (Wildman–Crippen LogP) is 2.30. The van der Waals surface area contributed by atoms with Crippen LogP contribution >= 0.6 is 0 Å². The van der Waals surface area contributed by atoms with Crippen molar-refractivity contribution in [3.8, 4) is 11.5 Å². The Bertz CT molecular complexity index is 421. The minimum absolute atomic E-state index is 0.336. The summed E-state index contributed by atoms with van der Waals surface area (Å²) in [6, 6.07) is 4.80. The van der Waals surface area contributed by atoms with Gasteiger partial charge in [-0.3, -0.25) is 0 Å². The Kier molecular flexibility index (Phi) is 3.97. The third-order valence-electron chi connectivity index (χ3n) is 3.56. The number of anilines is 1. The molecule has 0 heterocycles. The van der Waals surface area contributed by atoms with Crippen LogP contribution in [0, 0.1) is 6.92 Å². The molecule has 0 amide bonds. The van der Waals surface area contributed by atoms with Gasteiger partial charge in [0, 0.05) is 23.8 Å². The predicted molar refractivity (Wildman–Crippen MR) is 73.5 cm³/mol. The Morgan fingerprint density at radius 1 is 1.17 bits per heavy atom. The minimum atomic E-state index is 0.336. The fourth-order valence-corrected chi connectivity index (χ4v) is 2.50. The number of benzene rings is 1. The summed E-state index contributed by atoms with van der Waals surface area (Å²) in [5.41, 5.74) is 8.20. The van der Waals surface area contributed by atoms with Crippen LogP contribution in [0.5, 0.6) is 11.5 Å². The molecular weight excluding hydrogens is 228 g/mol. The van der Waals surface area contributed by atoms with E-state index in [9.17, 15) is 0 Å². The molecule has 3 N–H and O–H groups in total. The average molecular weight is 250 g/mol. The van der Waals surface area contributed by atoms with Crippen LogP contribution in [-0.4, -0.2) is 26.3 Å². The zero-order chi connectivity index (χ0) is 13.1. The maximum Gasteiger partial charge on any atom is 0.162 e. The van der Waals surface area contributed by atoms with E-state index >= 15 is 0 Å². The quantitative estimate of drug-likeness (QED) is 0.861. The van der Waals surface area contributed by atoms with Gasteiger partial charge in [0.2, 0.25) is 0 Å². The molecule has 100 valence electrons. The number of nitrogens with two attached hydrogens (primary N) is 1. The number of hydrogen-bond donors (Lipinski definition) is 2. The van der Waals surface area contributed by atoms with Crippen LogP contribution < -0.4 is 20.5 Å². The standard InChI is InChI=1S/C14H22N2O2/c1-9-6-13(17-2)14(18-3)8-12(9)16-11-5-4-10(15)7-11/h6,8,10-11,16H,4-5,7,15H2,1-3H3. The van der Waals surface area contributed by atoms with Crippen molar-refractivity contribution in [3.05, 3.63) is 17.7 Å². The van der Waals surface area contributed by atoms with Crippen LogP contribution in [-0.2, 0) is 0 Å². The Hall–Kier alpha value is -1.42. The maximum absolute atomic E-state index is 5.93. The van der Waals surface area contributed by atoms with Crippen molar-refractivity contribution in [3.63, 3.8) is 0 Å². The summed E-state index contributed by atoms with van der Waals surface area (Å²) < 4.78 is 10.6. The van der Waals surface area contributed by atoms with Crippen LogP contribution in [0.2, 0.25) is 0 Å². The Labute approximate surface area is 108 Å². The van der Waals surface area contributed by atoms with Crippen molar-refractivity contribution in [1.82, 2.24) is 0 Å². The Balaban J connectivity index is 2.17. The molecule has 1 aromatic carbocycles. The first-order valence-corrected chi connectivity index (χ1v) is 6.38. The summed E-state index contributed by atoms with van der Waals surface area (Å²) in [5.74, 6) is 1.52. The first-order valence-electron chi connectivity index (χ1n) is 6.38. The van der Waals surface area contributed by atoms with E-state index in [4.69, 9.17) is 15.2 Å². The summed E-state index contributed by atoms with van der Waals surface area (Å²) in [6.07, 6.45) is 3.27. The molecule has 0 aliphatic heterocycles. The number of hydrogen-bond acceptors (Lipinski definition) is 4. The van der Waals surface area contributed by atoms with Crippen LogP contribution in [0.3, 0.4) is 0 Å². The monoisotopic (exact) mass is 250 g/mol. The lowest BCUT2D eigenvalue weighted by Gasteiger charge is -2.18.